The summed E-state index contributed by atoms with van der Waals surface area (Å²) in [5.41, 5.74) is 9.29. The standard InChI is InChI=1S/C9H5N3O/c10-12-11-9-5-1-3-8(7-9)4-2-6-13/h1,3,5-7H. The number of hydrogen-bond acceptors (Lipinski definition) is 2. The van der Waals surface area contributed by atoms with E-state index in [4.69, 9.17) is 5.53 Å². The van der Waals surface area contributed by atoms with Gasteiger partial charge in [-0.15, -0.1) is 0 Å². The fourth-order valence-corrected chi connectivity index (χ4v) is 0.810. The van der Waals surface area contributed by atoms with E-state index in [0.717, 1.165) is 0 Å². The number of carbonyl (C=O) groups is 1. The molecular weight excluding hydrogens is 166 g/mol. The molecule has 1 rings (SSSR count). The highest BCUT2D eigenvalue weighted by atomic mass is 16.1. The molecule has 0 aromatic heterocycles. The Morgan fingerprint density at radius 3 is 3.08 bits per heavy atom. The van der Waals surface area contributed by atoms with Crippen LogP contribution in [0.25, 0.3) is 10.4 Å². The Hall–Kier alpha value is -2.24. The third-order valence-corrected chi connectivity index (χ3v) is 1.28. The summed E-state index contributed by atoms with van der Waals surface area (Å²) in [6.07, 6.45) is 0.514. The number of azide groups is 1. The molecule has 0 bridgehead atoms. The highest BCUT2D eigenvalue weighted by Crippen LogP contribution is 2.12. The average molecular weight is 171 g/mol. The van der Waals surface area contributed by atoms with Crippen molar-refractivity contribution in [2.75, 3.05) is 0 Å². The second-order valence-electron chi connectivity index (χ2n) is 2.13. The lowest BCUT2D eigenvalue weighted by atomic mass is 10.2. The Kier molecular flexibility index (Phi) is 3.13. The first-order valence-corrected chi connectivity index (χ1v) is 3.47. The molecule has 0 unspecified atom stereocenters. The number of benzene rings is 1. The Morgan fingerprint density at radius 1 is 1.54 bits per heavy atom. The van der Waals surface area contributed by atoms with Gasteiger partial charge >= 0.3 is 0 Å². The molecule has 1 aromatic carbocycles. The van der Waals surface area contributed by atoms with E-state index in [-0.39, 0.29) is 0 Å². The lowest BCUT2D eigenvalue weighted by Gasteiger charge is -1.91. The molecule has 0 saturated carbocycles. The van der Waals surface area contributed by atoms with Crippen LogP contribution in [0.3, 0.4) is 0 Å². The highest BCUT2D eigenvalue weighted by molar-refractivity contribution is 5.74. The molecule has 0 radical (unpaired) electrons. The predicted molar refractivity (Wildman–Crippen MR) is 48.2 cm³/mol. The van der Waals surface area contributed by atoms with Crippen LogP contribution >= 0.6 is 0 Å². The van der Waals surface area contributed by atoms with Crippen LogP contribution in [0.1, 0.15) is 5.56 Å². The normalized spacial score (nSPS) is 7.69. The second-order valence-corrected chi connectivity index (χ2v) is 2.13. The largest absolute Gasteiger partial charge is 0.289 e. The van der Waals surface area contributed by atoms with Crippen LogP contribution in [0, 0.1) is 11.8 Å². The predicted octanol–water partition coefficient (Wildman–Crippen LogP) is 2.18. The van der Waals surface area contributed by atoms with Gasteiger partial charge in [-0.25, -0.2) is 0 Å². The minimum absolute atomic E-state index is 0.486. The SMILES string of the molecule is [N-]=[N+]=Nc1cccc(C#CC=O)c1. The Bertz CT molecular complexity index is 422. The molecule has 4 heteroatoms. The van der Waals surface area contributed by atoms with Crippen molar-refractivity contribution in [3.05, 3.63) is 40.3 Å². The van der Waals surface area contributed by atoms with Crippen LogP contribution in [0.2, 0.25) is 0 Å². The van der Waals surface area contributed by atoms with E-state index in [1.165, 1.54) is 0 Å². The zero-order chi connectivity index (χ0) is 9.52. The van der Waals surface area contributed by atoms with Crippen molar-refractivity contribution in [2.24, 2.45) is 5.11 Å². The molecule has 0 heterocycles. The van der Waals surface area contributed by atoms with Crippen molar-refractivity contribution < 1.29 is 4.79 Å². The fraction of sp³-hybridized carbons (Fsp3) is 0. The number of rotatable bonds is 1. The molecule has 0 N–H and O–H groups in total. The summed E-state index contributed by atoms with van der Waals surface area (Å²) in [6.45, 7) is 0. The van der Waals surface area contributed by atoms with E-state index < -0.39 is 0 Å². The summed E-state index contributed by atoms with van der Waals surface area (Å²) < 4.78 is 0. The molecule has 0 aliphatic rings. The summed E-state index contributed by atoms with van der Waals surface area (Å²) in [4.78, 5) is 12.6. The molecule has 0 aliphatic carbocycles. The van der Waals surface area contributed by atoms with Crippen LogP contribution in [-0.4, -0.2) is 6.29 Å². The van der Waals surface area contributed by atoms with E-state index in [9.17, 15) is 4.79 Å². The fourth-order valence-electron chi connectivity index (χ4n) is 0.810. The molecule has 1 aromatic rings. The van der Waals surface area contributed by atoms with Gasteiger partial charge < -0.3 is 0 Å². The average Bonchev–Trinajstić information content (AvgIpc) is 2.16. The molecule has 62 valence electrons. The number of carbonyl (C=O) groups excluding carboxylic acids is 1. The van der Waals surface area contributed by atoms with E-state index in [0.29, 0.717) is 17.5 Å². The lowest BCUT2D eigenvalue weighted by molar-refractivity contribution is -0.103. The second kappa shape index (κ2) is 4.60. The van der Waals surface area contributed by atoms with E-state index in [1.54, 1.807) is 24.3 Å². The van der Waals surface area contributed by atoms with Gasteiger partial charge in [-0.05, 0) is 23.6 Å². The molecule has 0 spiro atoms. The van der Waals surface area contributed by atoms with Gasteiger partial charge in [0.25, 0.3) is 0 Å². The summed E-state index contributed by atoms with van der Waals surface area (Å²) in [6, 6.07) is 6.70. The molecule has 4 nitrogen and oxygen atoms in total. The number of nitrogens with zero attached hydrogens (tertiary/aromatic N) is 3. The van der Waals surface area contributed by atoms with Crippen LogP contribution in [0.4, 0.5) is 5.69 Å². The van der Waals surface area contributed by atoms with Crippen LogP contribution in [-0.2, 0) is 4.79 Å². The summed E-state index contributed by atoms with van der Waals surface area (Å²) in [5, 5.41) is 3.40. The van der Waals surface area contributed by atoms with E-state index in [1.807, 2.05) is 0 Å². The van der Waals surface area contributed by atoms with Crippen LogP contribution in [0.15, 0.2) is 29.4 Å². The van der Waals surface area contributed by atoms with Gasteiger partial charge in [0.15, 0.2) is 6.29 Å². The van der Waals surface area contributed by atoms with Gasteiger partial charge in [0.2, 0.25) is 0 Å². The Morgan fingerprint density at radius 2 is 2.38 bits per heavy atom. The number of aldehydes is 1. The van der Waals surface area contributed by atoms with Crippen molar-refractivity contribution in [1.82, 2.24) is 0 Å². The molecular formula is C9H5N3O. The third-order valence-electron chi connectivity index (χ3n) is 1.28. The maximum absolute atomic E-state index is 9.93. The van der Waals surface area contributed by atoms with Crippen molar-refractivity contribution in [1.29, 1.82) is 0 Å². The first kappa shape index (κ1) is 8.85. The van der Waals surface area contributed by atoms with Gasteiger partial charge in [0.05, 0.1) is 0 Å². The molecule has 13 heavy (non-hydrogen) atoms. The van der Waals surface area contributed by atoms with Gasteiger partial charge in [0, 0.05) is 16.2 Å². The van der Waals surface area contributed by atoms with Gasteiger partial charge in [-0.1, -0.05) is 23.2 Å². The Balaban J connectivity index is 3.04. The monoisotopic (exact) mass is 171 g/mol. The summed E-state index contributed by atoms with van der Waals surface area (Å²) in [7, 11) is 0. The first-order valence-electron chi connectivity index (χ1n) is 3.47. The lowest BCUT2D eigenvalue weighted by Crippen LogP contribution is -1.72. The van der Waals surface area contributed by atoms with Gasteiger partial charge in [0.1, 0.15) is 0 Å². The molecule has 0 atom stereocenters. The van der Waals surface area contributed by atoms with Crippen molar-refractivity contribution >= 4 is 12.0 Å². The molecule has 0 aliphatic heterocycles. The maximum Gasteiger partial charge on any atom is 0.193 e. The van der Waals surface area contributed by atoms with Gasteiger partial charge in [-0.2, -0.15) is 0 Å². The first-order chi connectivity index (χ1) is 6.36. The minimum atomic E-state index is 0.486. The topological polar surface area (TPSA) is 65.8 Å². The van der Waals surface area contributed by atoms with Gasteiger partial charge in [-0.3, -0.25) is 4.79 Å². The summed E-state index contributed by atoms with van der Waals surface area (Å²) >= 11 is 0. The third kappa shape index (κ3) is 2.70. The van der Waals surface area contributed by atoms with E-state index in [2.05, 4.69) is 21.9 Å². The Labute approximate surface area is 74.8 Å². The smallest absolute Gasteiger partial charge is 0.193 e. The van der Waals surface area contributed by atoms with E-state index >= 15 is 0 Å². The van der Waals surface area contributed by atoms with Crippen molar-refractivity contribution in [2.45, 2.75) is 0 Å². The van der Waals surface area contributed by atoms with Crippen molar-refractivity contribution in [3.63, 3.8) is 0 Å². The maximum atomic E-state index is 9.93. The summed E-state index contributed by atoms with van der Waals surface area (Å²) in [5.74, 6) is 4.86. The highest BCUT2D eigenvalue weighted by Gasteiger charge is 1.88. The molecule has 0 amide bonds. The molecule has 0 saturated heterocycles. The van der Waals surface area contributed by atoms with Crippen molar-refractivity contribution in [3.8, 4) is 11.8 Å². The number of hydrogen-bond donors (Lipinski definition) is 0. The van der Waals surface area contributed by atoms with Crippen LogP contribution in [0.5, 0.6) is 0 Å². The quantitative estimate of drug-likeness (QED) is 0.210. The zero-order valence-corrected chi connectivity index (χ0v) is 6.64. The zero-order valence-electron chi connectivity index (χ0n) is 6.64. The molecule has 0 fully saturated rings. The van der Waals surface area contributed by atoms with Crippen LogP contribution < -0.4 is 0 Å². The minimum Gasteiger partial charge on any atom is -0.289 e.